The Labute approximate surface area is 184 Å². The SMILES string of the molecule is CCc1cccc([C@H]2CC[C@@H](C(=O)N[C@@H](C)C(=O)CCc3ccc(C(=N)N)cc3)C2)c1. The zero-order valence-corrected chi connectivity index (χ0v) is 18.5. The van der Waals surface area contributed by atoms with Crippen LogP contribution in [0.4, 0.5) is 0 Å². The molecule has 0 radical (unpaired) electrons. The van der Waals surface area contributed by atoms with E-state index in [2.05, 4.69) is 36.5 Å². The molecule has 5 nitrogen and oxygen atoms in total. The summed E-state index contributed by atoms with van der Waals surface area (Å²) in [6, 6.07) is 15.6. The van der Waals surface area contributed by atoms with Gasteiger partial charge in [0.15, 0.2) is 5.78 Å². The molecule has 1 fully saturated rings. The number of rotatable bonds is 9. The third-order valence-electron chi connectivity index (χ3n) is 6.40. The summed E-state index contributed by atoms with van der Waals surface area (Å²) >= 11 is 0. The van der Waals surface area contributed by atoms with Crippen molar-refractivity contribution in [2.24, 2.45) is 11.7 Å². The van der Waals surface area contributed by atoms with Crippen molar-refractivity contribution >= 4 is 17.5 Å². The molecule has 0 unspecified atom stereocenters. The molecule has 0 spiro atoms. The van der Waals surface area contributed by atoms with Crippen LogP contribution in [-0.2, 0) is 22.4 Å². The minimum Gasteiger partial charge on any atom is -0.384 e. The van der Waals surface area contributed by atoms with Crippen molar-refractivity contribution in [1.29, 1.82) is 5.41 Å². The molecular formula is C26H33N3O2. The normalized spacial score (nSPS) is 19.0. The van der Waals surface area contributed by atoms with Crippen LogP contribution in [0.15, 0.2) is 48.5 Å². The Kier molecular flexibility index (Phi) is 7.61. The van der Waals surface area contributed by atoms with Gasteiger partial charge in [-0.1, -0.05) is 55.5 Å². The third-order valence-corrected chi connectivity index (χ3v) is 6.40. The Morgan fingerprint density at radius 1 is 1.13 bits per heavy atom. The highest BCUT2D eigenvalue weighted by molar-refractivity contribution is 5.95. The Morgan fingerprint density at radius 2 is 1.87 bits per heavy atom. The number of benzene rings is 2. The molecule has 4 N–H and O–H groups in total. The Balaban J connectivity index is 1.47. The van der Waals surface area contributed by atoms with Crippen LogP contribution in [0.3, 0.4) is 0 Å². The van der Waals surface area contributed by atoms with Gasteiger partial charge in [-0.15, -0.1) is 0 Å². The second kappa shape index (κ2) is 10.4. The van der Waals surface area contributed by atoms with Gasteiger partial charge >= 0.3 is 0 Å². The molecule has 164 valence electrons. The molecule has 2 aromatic rings. The number of ketones is 1. The first kappa shape index (κ1) is 22.7. The lowest BCUT2D eigenvalue weighted by Gasteiger charge is -2.17. The molecule has 0 saturated heterocycles. The molecule has 0 aliphatic heterocycles. The smallest absolute Gasteiger partial charge is 0.223 e. The Bertz CT molecular complexity index is 936. The first-order valence-corrected chi connectivity index (χ1v) is 11.2. The van der Waals surface area contributed by atoms with Gasteiger partial charge in [-0.3, -0.25) is 15.0 Å². The van der Waals surface area contributed by atoms with Crippen LogP contribution >= 0.6 is 0 Å². The van der Waals surface area contributed by atoms with E-state index in [9.17, 15) is 9.59 Å². The third kappa shape index (κ3) is 6.03. The van der Waals surface area contributed by atoms with Gasteiger partial charge in [-0.2, -0.15) is 0 Å². The molecule has 1 aliphatic carbocycles. The van der Waals surface area contributed by atoms with Gasteiger partial charge in [0.2, 0.25) is 5.91 Å². The highest BCUT2D eigenvalue weighted by Gasteiger charge is 2.32. The van der Waals surface area contributed by atoms with E-state index < -0.39 is 6.04 Å². The number of hydrogen-bond acceptors (Lipinski definition) is 3. The van der Waals surface area contributed by atoms with Gasteiger partial charge in [0.05, 0.1) is 6.04 Å². The molecule has 1 saturated carbocycles. The number of amidine groups is 1. The molecule has 1 amide bonds. The van der Waals surface area contributed by atoms with Crippen LogP contribution in [0.25, 0.3) is 0 Å². The lowest BCUT2D eigenvalue weighted by Crippen LogP contribution is -2.41. The number of hydrogen-bond donors (Lipinski definition) is 3. The summed E-state index contributed by atoms with van der Waals surface area (Å²) in [5, 5.41) is 10.4. The van der Waals surface area contributed by atoms with Crippen LogP contribution in [0.1, 0.15) is 67.7 Å². The number of carbonyl (C=O) groups is 2. The van der Waals surface area contributed by atoms with Crippen molar-refractivity contribution in [3.63, 3.8) is 0 Å². The van der Waals surface area contributed by atoms with Crippen molar-refractivity contribution in [3.05, 3.63) is 70.8 Å². The monoisotopic (exact) mass is 419 g/mol. The fraction of sp³-hybridized carbons (Fsp3) is 0.423. The average molecular weight is 420 g/mol. The quantitative estimate of drug-likeness (QED) is 0.421. The number of nitrogens with one attached hydrogen (secondary N) is 2. The van der Waals surface area contributed by atoms with Crippen molar-refractivity contribution in [1.82, 2.24) is 5.32 Å². The lowest BCUT2D eigenvalue weighted by molar-refractivity contribution is -0.129. The average Bonchev–Trinajstić information content (AvgIpc) is 3.28. The van der Waals surface area contributed by atoms with E-state index in [0.29, 0.717) is 24.3 Å². The largest absolute Gasteiger partial charge is 0.384 e. The lowest BCUT2D eigenvalue weighted by atomic mass is 9.94. The van der Waals surface area contributed by atoms with Gasteiger partial charge in [0.1, 0.15) is 5.84 Å². The second-order valence-corrected chi connectivity index (χ2v) is 8.61. The maximum atomic E-state index is 12.7. The van der Waals surface area contributed by atoms with Crippen LogP contribution in [0.2, 0.25) is 0 Å². The number of Topliss-reactive ketones (excluding diaryl/α,β-unsaturated/α-hetero) is 1. The van der Waals surface area contributed by atoms with Crippen molar-refractivity contribution in [3.8, 4) is 0 Å². The molecule has 5 heteroatoms. The second-order valence-electron chi connectivity index (χ2n) is 8.61. The Hall–Kier alpha value is -2.95. The zero-order valence-electron chi connectivity index (χ0n) is 18.5. The predicted molar refractivity (Wildman–Crippen MR) is 124 cm³/mol. The molecule has 1 aliphatic rings. The Morgan fingerprint density at radius 3 is 2.55 bits per heavy atom. The number of aryl methyl sites for hydroxylation is 2. The van der Waals surface area contributed by atoms with Crippen LogP contribution in [0, 0.1) is 11.3 Å². The van der Waals surface area contributed by atoms with E-state index in [1.807, 2.05) is 12.1 Å². The number of nitrogen functional groups attached to an aromatic ring is 1. The molecule has 2 aromatic carbocycles. The minimum atomic E-state index is -0.480. The van der Waals surface area contributed by atoms with E-state index in [0.717, 1.165) is 31.2 Å². The van der Waals surface area contributed by atoms with Crippen LogP contribution in [-0.4, -0.2) is 23.6 Å². The van der Waals surface area contributed by atoms with Crippen molar-refractivity contribution in [2.45, 2.75) is 64.3 Å². The zero-order chi connectivity index (χ0) is 22.4. The fourth-order valence-electron chi connectivity index (χ4n) is 4.34. The van der Waals surface area contributed by atoms with Crippen molar-refractivity contribution in [2.75, 3.05) is 0 Å². The molecule has 3 atom stereocenters. The van der Waals surface area contributed by atoms with Crippen LogP contribution < -0.4 is 11.1 Å². The van der Waals surface area contributed by atoms with Gasteiger partial charge in [0, 0.05) is 17.9 Å². The number of carbonyl (C=O) groups excluding carboxylic acids is 2. The summed E-state index contributed by atoms with van der Waals surface area (Å²) < 4.78 is 0. The van der Waals surface area contributed by atoms with Gasteiger partial charge in [-0.05, 0) is 61.6 Å². The first-order valence-electron chi connectivity index (χ1n) is 11.2. The van der Waals surface area contributed by atoms with Gasteiger partial charge in [0.25, 0.3) is 0 Å². The summed E-state index contributed by atoms with van der Waals surface area (Å²) in [5.41, 5.74) is 9.82. The maximum Gasteiger partial charge on any atom is 0.223 e. The maximum absolute atomic E-state index is 12.7. The standard InChI is InChI=1S/C26H33N3O2/c1-3-18-5-4-6-21(15-18)22-12-13-23(16-22)26(31)29-17(2)24(30)14-9-19-7-10-20(11-8-19)25(27)28/h4-8,10-11,15,17,22-23H,3,9,12-14,16H2,1-2H3,(H3,27,28)(H,29,31)/t17-,22-,23+/m0/s1. The molecule has 0 heterocycles. The topological polar surface area (TPSA) is 96.0 Å². The summed E-state index contributed by atoms with van der Waals surface area (Å²) in [5.74, 6) is 0.470. The molecular weight excluding hydrogens is 386 g/mol. The number of amides is 1. The van der Waals surface area contributed by atoms with E-state index >= 15 is 0 Å². The molecule has 3 rings (SSSR count). The summed E-state index contributed by atoms with van der Waals surface area (Å²) in [4.78, 5) is 25.3. The summed E-state index contributed by atoms with van der Waals surface area (Å²) in [6.07, 6.45) is 4.74. The highest BCUT2D eigenvalue weighted by Crippen LogP contribution is 2.38. The molecule has 0 bridgehead atoms. The highest BCUT2D eigenvalue weighted by atomic mass is 16.2. The van der Waals surface area contributed by atoms with E-state index in [-0.39, 0.29) is 23.4 Å². The van der Waals surface area contributed by atoms with E-state index in [1.165, 1.54) is 11.1 Å². The minimum absolute atomic E-state index is 0.000747. The van der Waals surface area contributed by atoms with Gasteiger partial charge in [-0.25, -0.2) is 0 Å². The summed E-state index contributed by atoms with van der Waals surface area (Å²) in [7, 11) is 0. The number of nitrogens with two attached hydrogens (primary N) is 1. The van der Waals surface area contributed by atoms with Crippen molar-refractivity contribution < 1.29 is 9.59 Å². The first-order chi connectivity index (χ1) is 14.9. The molecule has 0 aromatic heterocycles. The van der Waals surface area contributed by atoms with E-state index in [1.54, 1.807) is 19.1 Å². The van der Waals surface area contributed by atoms with Crippen LogP contribution in [0.5, 0.6) is 0 Å². The summed E-state index contributed by atoms with van der Waals surface area (Å²) in [6.45, 7) is 3.93. The fourth-order valence-corrected chi connectivity index (χ4v) is 4.34. The molecule has 31 heavy (non-hydrogen) atoms. The predicted octanol–water partition coefficient (Wildman–Crippen LogP) is 4.12. The van der Waals surface area contributed by atoms with E-state index in [4.69, 9.17) is 11.1 Å². The van der Waals surface area contributed by atoms with Gasteiger partial charge < -0.3 is 11.1 Å².